The molecular formula is C6H5Cl2O. The molecule has 1 aliphatic carbocycles. The summed E-state index contributed by atoms with van der Waals surface area (Å²) in [6.07, 6.45) is 5.93. The van der Waals surface area contributed by atoms with Crippen molar-refractivity contribution in [2.45, 2.75) is 5.06 Å². The number of hydrogen-bond donors (Lipinski definition) is 1. The van der Waals surface area contributed by atoms with Crippen LogP contribution in [0.2, 0.25) is 0 Å². The van der Waals surface area contributed by atoms with Crippen molar-refractivity contribution in [2.24, 2.45) is 0 Å². The fraction of sp³-hybridized carbons (Fsp3) is 0.167. The lowest BCUT2D eigenvalue weighted by atomic mass is 10.1. The van der Waals surface area contributed by atoms with Gasteiger partial charge in [-0.15, -0.1) is 0 Å². The molecule has 0 aromatic carbocycles. The summed E-state index contributed by atoms with van der Waals surface area (Å²) in [5.41, 5.74) is 0. The molecule has 0 aromatic rings. The van der Waals surface area contributed by atoms with Crippen molar-refractivity contribution in [2.75, 3.05) is 0 Å². The van der Waals surface area contributed by atoms with E-state index in [0.717, 1.165) is 0 Å². The summed E-state index contributed by atoms with van der Waals surface area (Å²) in [6, 6.07) is 0. The van der Waals surface area contributed by atoms with Gasteiger partial charge < -0.3 is 5.11 Å². The first-order chi connectivity index (χ1) is 4.10. The minimum Gasteiger partial charge on any atom is -0.371 e. The molecule has 0 bridgehead atoms. The molecular weight excluding hydrogens is 159 g/mol. The van der Waals surface area contributed by atoms with Gasteiger partial charge >= 0.3 is 0 Å². The highest BCUT2D eigenvalue weighted by molar-refractivity contribution is 6.32. The van der Waals surface area contributed by atoms with Crippen LogP contribution in [0, 0.1) is 6.42 Å². The van der Waals surface area contributed by atoms with Crippen LogP contribution in [-0.4, -0.2) is 10.2 Å². The molecule has 0 aromatic heterocycles. The summed E-state index contributed by atoms with van der Waals surface area (Å²) in [5, 5.41) is 8.25. The zero-order chi connectivity index (χ0) is 6.91. The van der Waals surface area contributed by atoms with E-state index in [1.807, 2.05) is 0 Å². The number of rotatable bonds is 0. The van der Waals surface area contributed by atoms with Crippen molar-refractivity contribution in [3.63, 3.8) is 0 Å². The van der Waals surface area contributed by atoms with E-state index in [2.05, 4.69) is 0 Å². The van der Waals surface area contributed by atoms with Crippen molar-refractivity contribution in [3.8, 4) is 0 Å². The fourth-order valence-electron chi connectivity index (χ4n) is 0.504. The molecule has 3 heteroatoms. The van der Waals surface area contributed by atoms with E-state index < -0.39 is 5.06 Å². The maximum absolute atomic E-state index is 9.01. The summed E-state index contributed by atoms with van der Waals surface area (Å²) in [6.45, 7) is 0. The summed E-state index contributed by atoms with van der Waals surface area (Å²) >= 11 is 11.0. The smallest absolute Gasteiger partial charge is 0.164 e. The molecule has 0 heterocycles. The highest BCUT2D eigenvalue weighted by atomic mass is 35.5. The second-order valence-electron chi connectivity index (χ2n) is 1.78. The molecule has 1 aliphatic rings. The highest BCUT2D eigenvalue weighted by Crippen LogP contribution is 2.24. The third-order valence-electron chi connectivity index (χ3n) is 0.953. The van der Waals surface area contributed by atoms with Gasteiger partial charge in [0.15, 0.2) is 5.06 Å². The van der Waals surface area contributed by atoms with Gasteiger partial charge in [0.2, 0.25) is 0 Å². The van der Waals surface area contributed by atoms with Gasteiger partial charge in [0.1, 0.15) is 0 Å². The molecule has 1 nitrogen and oxygen atoms in total. The predicted molar refractivity (Wildman–Crippen MR) is 38.2 cm³/mol. The number of hydrogen-bond acceptors (Lipinski definition) is 1. The third kappa shape index (κ3) is 2.01. The number of allylic oxidation sites excluding steroid dienone is 2. The molecule has 0 fully saturated rings. The Hall–Kier alpha value is 0.0200. The lowest BCUT2D eigenvalue weighted by Crippen LogP contribution is -2.18. The summed E-state index contributed by atoms with van der Waals surface area (Å²) in [5.74, 6) is 0. The maximum Gasteiger partial charge on any atom is 0.164 e. The quantitative estimate of drug-likeness (QED) is 0.541. The largest absolute Gasteiger partial charge is 0.371 e. The Balaban J connectivity index is 2.70. The van der Waals surface area contributed by atoms with Crippen molar-refractivity contribution in [1.82, 2.24) is 0 Å². The molecule has 1 N–H and O–H groups in total. The van der Waals surface area contributed by atoms with Crippen LogP contribution in [0.5, 0.6) is 0 Å². The average Bonchev–Trinajstić information content (AvgIpc) is 1.78. The van der Waals surface area contributed by atoms with Crippen LogP contribution >= 0.6 is 23.2 Å². The van der Waals surface area contributed by atoms with Gasteiger partial charge in [-0.2, -0.15) is 0 Å². The minimum atomic E-state index is -1.33. The minimum absolute atomic E-state index is 0.570. The topological polar surface area (TPSA) is 20.2 Å². The second kappa shape index (κ2) is 2.33. The number of alkyl halides is 1. The van der Waals surface area contributed by atoms with E-state index in [0.29, 0.717) is 5.03 Å². The van der Waals surface area contributed by atoms with Gasteiger partial charge in [0.25, 0.3) is 0 Å². The Morgan fingerprint density at radius 3 is 2.56 bits per heavy atom. The highest BCUT2D eigenvalue weighted by Gasteiger charge is 2.20. The zero-order valence-corrected chi connectivity index (χ0v) is 6.02. The number of aliphatic hydroxyl groups is 1. The van der Waals surface area contributed by atoms with E-state index >= 15 is 0 Å². The van der Waals surface area contributed by atoms with E-state index in [1.165, 1.54) is 12.5 Å². The predicted octanol–water partition coefficient (Wildman–Crippen LogP) is 1.81. The lowest BCUT2D eigenvalue weighted by Gasteiger charge is -2.15. The Morgan fingerprint density at radius 1 is 1.56 bits per heavy atom. The summed E-state index contributed by atoms with van der Waals surface area (Å²) in [4.78, 5) is 0. The zero-order valence-electron chi connectivity index (χ0n) is 4.51. The van der Waals surface area contributed by atoms with Crippen molar-refractivity contribution < 1.29 is 5.11 Å². The Kier molecular flexibility index (Phi) is 1.85. The first-order valence-electron chi connectivity index (χ1n) is 2.42. The van der Waals surface area contributed by atoms with Gasteiger partial charge in [-0.1, -0.05) is 29.3 Å². The molecule has 49 valence electrons. The van der Waals surface area contributed by atoms with Crippen LogP contribution in [0.4, 0.5) is 0 Å². The Bertz CT molecular complexity index is 170. The summed E-state index contributed by atoms with van der Waals surface area (Å²) in [7, 11) is 0. The fourth-order valence-corrected chi connectivity index (χ4v) is 0.756. The number of halogens is 2. The molecule has 1 unspecified atom stereocenters. The van der Waals surface area contributed by atoms with E-state index in [9.17, 15) is 0 Å². The molecule has 0 aliphatic heterocycles. The first-order valence-corrected chi connectivity index (χ1v) is 3.18. The van der Waals surface area contributed by atoms with E-state index in [-0.39, 0.29) is 0 Å². The van der Waals surface area contributed by atoms with Gasteiger partial charge in [0.05, 0.1) is 0 Å². The summed E-state index contributed by atoms with van der Waals surface area (Å²) < 4.78 is 0. The normalized spacial score (nSPS) is 34.3. The Labute approximate surface area is 63.6 Å². The van der Waals surface area contributed by atoms with Crippen LogP contribution in [0.3, 0.4) is 0 Å². The Morgan fingerprint density at radius 2 is 2.22 bits per heavy atom. The molecule has 1 radical (unpaired) electrons. The molecule has 0 amide bonds. The van der Waals surface area contributed by atoms with Crippen molar-refractivity contribution >= 4 is 23.2 Å². The first kappa shape index (κ1) is 7.13. The monoisotopic (exact) mass is 163 g/mol. The second-order valence-corrected chi connectivity index (χ2v) is 2.82. The standard InChI is InChI=1S/C6H5Cl2O/c7-5-1-3-6(8,9)4-2-5/h1-4,9H. The molecule has 9 heavy (non-hydrogen) atoms. The SMILES string of the molecule is OC1(Cl)[CH]C=C(Cl)C=C1. The molecule has 0 saturated carbocycles. The lowest BCUT2D eigenvalue weighted by molar-refractivity contribution is 0.217. The van der Waals surface area contributed by atoms with Gasteiger partial charge in [-0.25, -0.2) is 0 Å². The van der Waals surface area contributed by atoms with E-state index in [1.54, 1.807) is 12.2 Å². The molecule has 0 saturated heterocycles. The van der Waals surface area contributed by atoms with Crippen LogP contribution in [0.15, 0.2) is 23.3 Å². The van der Waals surface area contributed by atoms with Gasteiger partial charge in [0, 0.05) is 11.5 Å². The van der Waals surface area contributed by atoms with Crippen LogP contribution in [-0.2, 0) is 0 Å². The van der Waals surface area contributed by atoms with Crippen molar-refractivity contribution in [1.29, 1.82) is 0 Å². The van der Waals surface area contributed by atoms with Gasteiger partial charge in [-0.05, 0) is 12.2 Å². The van der Waals surface area contributed by atoms with Crippen LogP contribution in [0.25, 0.3) is 0 Å². The average molecular weight is 164 g/mol. The maximum atomic E-state index is 9.01. The van der Waals surface area contributed by atoms with E-state index in [4.69, 9.17) is 28.3 Å². The molecule has 1 rings (SSSR count). The third-order valence-corrected chi connectivity index (χ3v) is 1.46. The van der Waals surface area contributed by atoms with Crippen molar-refractivity contribution in [3.05, 3.63) is 29.7 Å². The van der Waals surface area contributed by atoms with Crippen LogP contribution < -0.4 is 0 Å². The molecule has 1 atom stereocenters. The van der Waals surface area contributed by atoms with Gasteiger partial charge in [-0.3, -0.25) is 0 Å². The molecule has 0 spiro atoms. The van der Waals surface area contributed by atoms with Crippen LogP contribution in [0.1, 0.15) is 0 Å².